The van der Waals surface area contributed by atoms with Gasteiger partial charge in [-0.2, -0.15) is 0 Å². The molecule has 7 nitrogen and oxygen atoms in total. The van der Waals surface area contributed by atoms with Gasteiger partial charge in [-0.25, -0.2) is 0 Å². The van der Waals surface area contributed by atoms with Gasteiger partial charge in [-0.1, -0.05) is 62.7 Å². The normalized spacial score (nSPS) is 41.5. The second kappa shape index (κ2) is 11.0. The molecule has 1 aromatic rings. The van der Waals surface area contributed by atoms with E-state index in [2.05, 4.69) is 68.9 Å². The molecule has 2 bridgehead atoms. The van der Waals surface area contributed by atoms with Gasteiger partial charge in [-0.3, -0.25) is 9.59 Å². The molecule has 5 fully saturated rings. The van der Waals surface area contributed by atoms with Gasteiger partial charge >= 0.3 is 5.97 Å². The molecule has 0 radical (unpaired) electrons. The van der Waals surface area contributed by atoms with Crippen LogP contribution >= 0.6 is 39.1 Å². The number of carbonyl (C=O) groups excluding carboxylic acids is 2. The van der Waals surface area contributed by atoms with Crippen LogP contribution in [-0.2, 0) is 28.2 Å². The van der Waals surface area contributed by atoms with Crippen molar-refractivity contribution in [1.29, 1.82) is 0 Å². The molecule has 1 spiro atoms. The summed E-state index contributed by atoms with van der Waals surface area (Å²) in [5, 5.41) is -0.0978. The number of hydrogen-bond acceptors (Lipinski definition) is 7. The van der Waals surface area contributed by atoms with Crippen molar-refractivity contribution in [3.8, 4) is 0 Å². The lowest BCUT2D eigenvalue weighted by Crippen LogP contribution is -2.67. The van der Waals surface area contributed by atoms with E-state index in [0.717, 1.165) is 35.1 Å². The molecule has 1 aromatic carbocycles. The number of carbonyl (C=O) groups is 2. The van der Waals surface area contributed by atoms with Crippen molar-refractivity contribution < 1.29 is 33.0 Å². The molecule has 47 heavy (non-hydrogen) atoms. The zero-order valence-electron chi connectivity index (χ0n) is 29.1. The van der Waals surface area contributed by atoms with Crippen molar-refractivity contribution in [2.24, 2.45) is 17.3 Å². The van der Waals surface area contributed by atoms with Gasteiger partial charge < -0.3 is 23.4 Å². The number of Topliss-reactive ketones (excluding diaryl/α,β-unsaturated/α-hetero) is 1. The molecule has 0 N–H and O–H groups in total. The quantitative estimate of drug-likeness (QED) is 0.163. The van der Waals surface area contributed by atoms with Crippen molar-refractivity contribution in [2.75, 3.05) is 0 Å². The van der Waals surface area contributed by atoms with E-state index in [-0.39, 0.29) is 57.7 Å². The highest BCUT2D eigenvalue weighted by Gasteiger charge is 2.81. The lowest BCUT2D eigenvalue weighted by molar-refractivity contribution is -0.212. The topological polar surface area (TPSA) is 80.3 Å². The van der Waals surface area contributed by atoms with Crippen molar-refractivity contribution in [1.82, 2.24) is 0 Å². The third-order valence-corrected chi connectivity index (χ3v) is 19.2. The van der Waals surface area contributed by atoms with Gasteiger partial charge in [-0.05, 0) is 80.8 Å². The summed E-state index contributed by atoms with van der Waals surface area (Å²) in [6.07, 6.45) is 0.451. The van der Waals surface area contributed by atoms with Gasteiger partial charge in [0.1, 0.15) is 28.7 Å². The maximum atomic E-state index is 14.9. The van der Waals surface area contributed by atoms with Crippen molar-refractivity contribution in [3.63, 3.8) is 0 Å². The number of ether oxygens (including phenoxy) is 4. The minimum absolute atomic E-state index is 0.0123. The Balaban J connectivity index is 1.29. The van der Waals surface area contributed by atoms with Crippen molar-refractivity contribution >= 4 is 59.2 Å². The van der Waals surface area contributed by atoms with Gasteiger partial charge in [0, 0.05) is 27.6 Å². The van der Waals surface area contributed by atoms with Gasteiger partial charge in [0.15, 0.2) is 19.9 Å². The number of cyclic esters (lactones) is 1. The number of alkyl halides is 3. The molecule has 4 aliphatic heterocycles. The zero-order chi connectivity index (χ0) is 34.4. The molecule has 4 heterocycles. The standard InChI is InChI=1S/C36H49BrCl2O7Si/c1-16-13-21(42-32(16)41)28(46-47(9,10)33(3,4)5)25(31(38)39)18-11-12-19-20-14-23(37)36-30-29(44-34(6,7)45-30)22(43-36)15-35(36,8)26(20)27(40)24(19)17(18)2/h11-12,16,20-23,25-26,28-31H,13-15H2,1-10H3/t16-,20-,21+,22+,23+,25-,26+,28+,29+,30+,35+,36+/m0/s1. The van der Waals surface area contributed by atoms with Gasteiger partial charge in [0.2, 0.25) is 0 Å². The fourth-order valence-electron chi connectivity index (χ4n) is 9.92. The van der Waals surface area contributed by atoms with Crippen LogP contribution in [0.25, 0.3) is 0 Å². The highest BCUT2D eigenvalue weighted by Crippen LogP contribution is 2.72. The molecule has 11 heteroatoms. The van der Waals surface area contributed by atoms with E-state index in [1.165, 1.54) is 0 Å². The number of hydrogen-bond donors (Lipinski definition) is 0. The lowest BCUT2D eigenvalue weighted by atomic mass is 9.50. The average molecular weight is 773 g/mol. The van der Waals surface area contributed by atoms with Gasteiger partial charge in [-0.15, -0.1) is 23.2 Å². The van der Waals surface area contributed by atoms with E-state index in [4.69, 9.17) is 46.6 Å². The van der Waals surface area contributed by atoms with Gasteiger partial charge in [0.25, 0.3) is 0 Å². The van der Waals surface area contributed by atoms with Crippen LogP contribution in [0.4, 0.5) is 0 Å². The molecule has 260 valence electrons. The van der Waals surface area contributed by atoms with Crippen LogP contribution in [0, 0.1) is 24.2 Å². The third kappa shape index (κ3) is 4.82. The van der Waals surface area contributed by atoms with Crippen LogP contribution in [0.15, 0.2) is 12.1 Å². The van der Waals surface area contributed by atoms with Crippen LogP contribution < -0.4 is 0 Å². The van der Waals surface area contributed by atoms with Crippen LogP contribution in [-0.4, -0.2) is 71.6 Å². The second-order valence-corrected chi connectivity index (χ2v) is 24.3. The minimum atomic E-state index is -2.38. The summed E-state index contributed by atoms with van der Waals surface area (Å²) in [4.78, 5) is 26.7. The Kier molecular flexibility index (Phi) is 8.16. The molecular weight excluding hydrogens is 723 g/mol. The molecule has 0 aromatic heterocycles. The van der Waals surface area contributed by atoms with Crippen LogP contribution in [0.3, 0.4) is 0 Å². The van der Waals surface area contributed by atoms with Crippen LogP contribution in [0.1, 0.15) is 107 Å². The lowest BCUT2D eigenvalue weighted by Gasteiger charge is -2.56. The summed E-state index contributed by atoms with van der Waals surface area (Å²) < 4.78 is 32.8. The molecule has 12 atom stereocenters. The molecule has 2 aliphatic carbocycles. The first kappa shape index (κ1) is 34.9. The second-order valence-electron chi connectivity index (χ2n) is 17.3. The SMILES string of the molecule is Cc1c([C@H](C(Cl)Cl)[C@H](O[Si](C)(C)C(C)(C)C)[C@H]2C[C@H](C)C(=O)O2)ccc2c1C(=O)[C@H]1[C@H]2C[C@@H](Br)[C@]23O[C@H](C[C@]12C)[C@H]1OC(C)(C)O[C@H]13. The van der Waals surface area contributed by atoms with E-state index < -0.39 is 48.1 Å². The molecule has 7 rings (SSSR count). The minimum Gasteiger partial charge on any atom is -0.459 e. The highest BCUT2D eigenvalue weighted by atomic mass is 79.9. The summed E-state index contributed by atoms with van der Waals surface area (Å²) in [6, 6.07) is 4.21. The van der Waals surface area contributed by atoms with E-state index in [1.54, 1.807) is 0 Å². The first-order chi connectivity index (χ1) is 21.6. The Bertz CT molecular complexity index is 1510. The number of halogens is 3. The molecule has 0 unspecified atom stereocenters. The Morgan fingerprint density at radius 1 is 1.06 bits per heavy atom. The van der Waals surface area contributed by atoms with Crippen molar-refractivity contribution in [2.45, 2.75) is 156 Å². The monoisotopic (exact) mass is 770 g/mol. The number of ketones is 1. The molecular formula is C36H49BrCl2O7Si. The maximum Gasteiger partial charge on any atom is 0.309 e. The zero-order valence-corrected chi connectivity index (χ0v) is 33.2. The van der Waals surface area contributed by atoms with Crippen LogP contribution in [0.2, 0.25) is 18.1 Å². The third-order valence-electron chi connectivity index (χ3n) is 13.1. The number of rotatable bonds is 6. The number of fused-ring (bicyclic) bond motifs is 7. The Labute approximate surface area is 298 Å². The first-order valence-electron chi connectivity index (χ1n) is 17.2. The maximum absolute atomic E-state index is 14.9. The summed E-state index contributed by atoms with van der Waals surface area (Å²) in [5.74, 6) is -1.75. The largest absolute Gasteiger partial charge is 0.459 e. The Morgan fingerprint density at radius 3 is 2.34 bits per heavy atom. The summed E-state index contributed by atoms with van der Waals surface area (Å²) in [6.45, 7) is 21.0. The van der Waals surface area contributed by atoms with Crippen molar-refractivity contribution in [3.05, 3.63) is 34.4 Å². The van der Waals surface area contributed by atoms with E-state index >= 15 is 0 Å². The fourth-order valence-corrected chi connectivity index (χ4v) is 13.1. The smallest absolute Gasteiger partial charge is 0.309 e. The van der Waals surface area contributed by atoms with E-state index in [9.17, 15) is 9.59 Å². The van der Waals surface area contributed by atoms with E-state index in [1.807, 2.05) is 27.7 Å². The summed E-state index contributed by atoms with van der Waals surface area (Å²) in [5.41, 5.74) is 2.47. The van der Waals surface area contributed by atoms with Gasteiger partial charge in [0.05, 0.1) is 18.1 Å². The van der Waals surface area contributed by atoms with E-state index in [0.29, 0.717) is 6.42 Å². The summed E-state index contributed by atoms with van der Waals surface area (Å²) in [7, 11) is -2.38. The Morgan fingerprint density at radius 2 is 1.74 bits per heavy atom. The first-order valence-corrected chi connectivity index (χ1v) is 21.9. The predicted octanol–water partition coefficient (Wildman–Crippen LogP) is 8.36. The average Bonchev–Trinajstić information content (AvgIpc) is 3.69. The molecule has 6 aliphatic rings. The predicted molar refractivity (Wildman–Crippen MR) is 187 cm³/mol. The summed E-state index contributed by atoms with van der Waals surface area (Å²) >= 11 is 17.9. The highest BCUT2D eigenvalue weighted by molar-refractivity contribution is 9.09. The fraction of sp³-hybridized carbons (Fsp3) is 0.778. The number of benzene rings is 1. The molecule has 0 amide bonds. The molecule has 1 saturated carbocycles. The molecule has 4 saturated heterocycles. The number of esters is 1. The Hall–Kier alpha value is -0.523. The van der Waals surface area contributed by atoms with Crippen LogP contribution in [0.5, 0.6) is 0 Å².